The van der Waals surface area contributed by atoms with Crippen molar-refractivity contribution in [3.63, 3.8) is 0 Å². The molecule has 25 heavy (non-hydrogen) atoms. The van der Waals surface area contributed by atoms with Crippen molar-refractivity contribution < 1.29 is 4.79 Å². The highest BCUT2D eigenvalue weighted by Gasteiger charge is 2.26. The number of rotatable bonds is 3. The molecule has 4 heterocycles. The summed E-state index contributed by atoms with van der Waals surface area (Å²) in [5, 5.41) is 20.6. The normalized spacial score (nSPS) is 14.4. The maximum Gasteiger partial charge on any atom is 0.293 e. The third-order valence-corrected chi connectivity index (χ3v) is 4.25. The summed E-state index contributed by atoms with van der Waals surface area (Å²) in [7, 11) is 1.74. The fourth-order valence-corrected chi connectivity index (χ4v) is 2.87. The van der Waals surface area contributed by atoms with Crippen molar-refractivity contribution in [3.8, 4) is 0 Å². The number of hydrogen-bond acceptors (Lipinski definition) is 7. The largest absolute Gasteiger partial charge is 0.330 e. The number of aryl methyl sites for hydroxylation is 3. The third-order valence-electron chi connectivity index (χ3n) is 4.25. The highest BCUT2D eigenvalue weighted by atomic mass is 16.2. The molecule has 0 saturated carbocycles. The molecule has 11 nitrogen and oxygen atoms in total. The Bertz CT molecular complexity index is 907. The highest BCUT2D eigenvalue weighted by molar-refractivity contribution is 5.90. The number of carbonyl (C=O) groups is 1. The Kier molecular flexibility index (Phi) is 3.75. The molecule has 0 unspecified atom stereocenters. The number of hydrogen-bond donors (Lipinski definition) is 0. The van der Waals surface area contributed by atoms with Gasteiger partial charge in [-0.25, -0.2) is 14.3 Å². The summed E-state index contributed by atoms with van der Waals surface area (Å²) < 4.78 is 5.15. The molecule has 1 aliphatic rings. The van der Waals surface area contributed by atoms with Crippen molar-refractivity contribution in [1.82, 2.24) is 49.7 Å². The van der Waals surface area contributed by atoms with Gasteiger partial charge in [-0.15, -0.1) is 15.3 Å². The number of carbonyl (C=O) groups excluding carboxylic acids is 1. The Balaban J connectivity index is 1.60. The molecule has 0 radical (unpaired) electrons. The molecule has 0 bridgehead atoms. The van der Waals surface area contributed by atoms with Crippen molar-refractivity contribution in [2.45, 2.75) is 33.0 Å². The lowest BCUT2D eigenvalue weighted by Gasteiger charge is -2.18. The van der Waals surface area contributed by atoms with Crippen LogP contribution in [0.1, 0.15) is 34.1 Å². The first-order valence-corrected chi connectivity index (χ1v) is 8.03. The van der Waals surface area contributed by atoms with E-state index in [9.17, 15) is 4.79 Å². The third kappa shape index (κ3) is 2.88. The van der Waals surface area contributed by atoms with E-state index in [2.05, 4.69) is 30.7 Å². The first-order valence-electron chi connectivity index (χ1n) is 8.03. The van der Waals surface area contributed by atoms with Crippen molar-refractivity contribution in [2.75, 3.05) is 6.54 Å². The minimum absolute atomic E-state index is 0.182. The number of aromatic nitrogens is 9. The predicted octanol–water partition coefficient (Wildman–Crippen LogP) is -0.599. The molecule has 1 aliphatic heterocycles. The van der Waals surface area contributed by atoms with E-state index in [1.54, 1.807) is 22.8 Å². The lowest BCUT2D eigenvalue weighted by molar-refractivity contribution is 0.0732. The Morgan fingerprint density at radius 2 is 2.16 bits per heavy atom. The average molecular weight is 342 g/mol. The zero-order valence-electron chi connectivity index (χ0n) is 14.1. The summed E-state index contributed by atoms with van der Waals surface area (Å²) >= 11 is 0. The minimum Gasteiger partial charge on any atom is -0.330 e. The molecule has 11 heteroatoms. The van der Waals surface area contributed by atoms with E-state index in [1.165, 1.54) is 11.0 Å². The molecule has 0 aliphatic carbocycles. The molecule has 0 fully saturated rings. The fourth-order valence-electron chi connectivity index (χ4n) is 2.87. The summed E-state index contributed by atoms with van der Waals surface area (Å²) in [4.78, 5) is 18.5. The molecule has 0 atom stereocenters. The van der Waals surface area contributed by atoms with Crippen LogP contribution < -0.4 is 0 Å². The van der Waals surface area contributed by atoms with Crippen LogP contribution in [-0.4, -0.2) is 62.1 Å². The average Bonchev–Trinajstić information content (AvgIpc) is 3.26. The maximum atomic E-state index is 12.7. The summed E-state index contributed by atoms with van der Waals surface area (Å²) in [5.41, 5.74) is 2.65. The first-order chi connectivity index (χ1) is 12.1. The van der Waals surface area contributed by atoms with Gasteiger partial charge in [0, 0.05) is 20.1 Å². The second-order valence-electron chi connectivity index (χ2n) is 6.06. The van der Waals surface area contributed by atoms with Crippen LogP contribution in [0.3, 0.4) is 0 Å². The molecular weight excluding hydrogens is 324 g/mol. The summed E-state index contributed by atoms with van der Waals surface area (Å²) in [6.07, 6.45) is 4.03. The lowest BCUT2D eigenvalue weighted by Crippen LogP contribution is -2.32. The van der Waals surface area contributed by atoms with Crippen LogP contribution in [0.15, 0.2) is 12.5 Å². The Hall–Kier alpha value is -3.11. The SMILES string of the molecule is Cc1cnnn1Cc1nnn2c1CN(C(=O)c1ncn(C)n1)CCC2. The van der Waals surface area contributed by atoms with Gasteiger partial charge in [-0.05, 0) is 13.3 Å². The molecule has 0 saturated heterocycles. The molecule has 0 aromatic carbocycles. The van der Waals surface area contributed by atoms with Crippen LogP contribution in [0, 0.1) is 6.92 Å². The van der Waals surface area contributed by atoms with Crippen LogP contribution in [0.4, 0.5) is 0 Å². The van der Waals surface area contributed by atoms with Crippen LogP contribution in [0.2, 0.25) is 0 Å². The maximum absolute atomic E-state index is 12.7. The van der Waals surface area contributed by atoms with Gasteiger partial charge in [-0.3, -0.25) is 9.48 Å². The number of amides is 1. The van der Waals surface area contributed by atoms with E-state index in [0.29, 0.717) is 19.6 Å². The van der Waals surface area contributed by atoms with E-state index < -0.39 is 0 Å². The summed E-state index contributed by atoms with van der Waals surface area (Å²) in [5.74, 6) is 0.0234. The lowest BCUT2D eigenvalue weighted by atomic mass is 10.3. The van der Waals surface area contributed by atoms with Gasteiger partial charge in [0.15, 0.2) is 0 Å². The van der Waals surface area contributed by atoms with E-state index >= 15 is 0 Å². The summed E-state index contributed by atoms with van der Waals surface area (Å²) in [6.45, 7) is 4.18. The second-order valence-corrected chi connectivity index (χ2v) is 6.06. The van der Waals surface area contributed by atoms with E-state index in [4.69, 9.17) is 0 Å². The molecule has 130 valence electrons. The van der Waals surface area contributed by atoms with Crippen LogP contribution in [0.5, 0.6) is 0 Å². The van der Waals surface area contributed by atoms with Gasteiger partial charge >= 0.3 is 0 Å². The van der Waals surface area contributed by atoms with E-state index in [0.717, 1.165) is 30.0 Å². The molecule has 0 spiro atoms. The van der Waals surface area contributed by atoms with Crippen LogP contribution in [0.25, 0.3) is 0 Å². The van der Waals surface area contributed by atoms with E-state index in [1.807, 2.05) is 11.6 Å². The smallest absolute Gasteiger partial charge is 0.293 e. The standard InChI is InChI=1S/C14H18N10O/c1-10-6-16-19-24(10)7-11-12-8-22(4-3-5-23(12)20-17-11)14(25)13-15-9-21(2)18-13/h6,9H,3-5,7-8H2,1-2H3. The monoisotopic (exact) mass is 342 g/mol. The van der Waals surface area contributed by atoms with Crippen LogP contribution in [-0.2, 0) is 26.7 Å². The van der Waals surface area contributed by atoms with Gasteiger partial charge in [0.25, 0.3) is 5.91 Å². The predicted molar refractivity (Wildman–Crippen MR) is 84.2 cm³/mol. The van der Waals surface area contributed by atoms with Gasteiger partial charge in [0.1, 0.15) is 12.0 Å². The van der Waals surface area contributed by atoms with Gasteiger partial charge in [-0.1, -0.05) is 10.4 Å². The van der Waals surface area contributed by atoms with Crippen molar-refractivity contribution in [1.29, 1.82) is 0 Å². The van der Waals surface area contributed by atoms with Gasteiger partial charge < -0.3 is 4.90 Å². The molecule has 1 amide bonds. The van der Waals surface area contributed by atoms with Crippen molar-refractivity contribution in [2.24, 2.45) is 7.05 Å². The molecular formula is C14H18N10O. The van der Waals surface area contributed by atoms with Crippen LogP contribution >= 0.6 is 0 Å². The zero-order chi connectivity index (χ0) is 17.4. The topological polar surface area (TPSA) is 112 Å². The van der Waals surface area contributed by atoms with Gasteiger partial charge in [0.05, 0.1) is 30.7 Å². The molecule has 0 N–H and O–H groups in total. The highest BCUT2D eigenvalue weighted by Crippen LogP contribution is 2.17. The number of fused-ring (bicyclic) bond motifs is 1. The molecule has 4 rings (SSSR count). The Morgan fingerprint density at radius 1 is 1.28 bits per heavy atom. The van der Waals surface area contributed by atoms with Gasteiger partial charge in [0.2, 0.25) is 5.82 Å². The second kappa shape index (κ2) is 6.07. The number of nitrogens with zero attached hydrogens (tertiary/aromatic N) is 10. The zero-order valence-corrected chi connectivity index (χ0v) is 14.1. The Morgan fingerprint density at radius 3 is 2.88 bits per heavy atom. The molecule has 3 aromatic rings. The minimum atomic E-state index is -0.182. The molecule has 3 aromatic heterocycles. The van der Waals surface area contributed by atoms with E-state index in [-0.39, 0.29) is 11.7 Å². The van der Waals surface area contributed by atoms with Crippen molar-refractivity contribution in [3.05, 3.63) is 35.4 Å². The first kappa shape index (κ1) is 15.4. The van der Waals surface area contributed by atoms with Gasteiger partial charge in [-0.2, -0.15) is 0 Å². The Labute approximate surface area is 143 Å². The fraction of sp³-hybridized carbons (Fsp3) is 0.500. The quantitative estimate of drug-likeness (QED) is 0.624. The summed E-state index contributed by atoms with van der Waals surface area (Å²) in [6, 6.07) is 0. The van der Waals surface area contributed by atoms with Crippen molar-refractivity contribution >= 4 is 5.91 Å².